The summed E-state index contributed by atoms with van der Waals surface area (Å²) >= 11 is 0. The van der Waals surface area contributed by atoms with E-state index in [-0.39, 0.29) is 11.4 Å². The van der Waals surface area contributed by atoms with E-state index >= 15 is 0 Å². The number of nitrogens with zero attached hydrogens (tertiary/aromatic N) is 2. The van der Waals surface area contributed by atoms with Gasteiger partial charge in [-0.05, 0) is 59.9 Å². The SMILES string of the molecule is CC(C)(C)OC(=O)NC(C)(C)C(=O)OCN1C(=O)C(NC(=O)C(CCCC(F)(F)F)C(CCC(F)(F)F)C(N)=O)N=C(c2ccccc2)c2ccccc21. The first-order valence-corrected chi connectivity index (χ1v) is 16.8. The van der Waals surface area contributed by atoms with Crippen molar-refractivity contribution in [3.05, 3.63) is 65.7 Å². The summed E-state index contributed by atoms with van der Waals surface area (Å²) in [5.74, 6) is -8.29. The number of amides is 4. The molecule has 296 valence electrons. The molecule has 1 aliphatic heterocycles. The van der Waals surface area contributed by atoms with Gasteiger partial charge in [0.15, 0.2) is 6.73 Å². The second kappa shape index (κ2) is 17.3. The number of ether oxygens (including phenoxy) is 2. The molecule has 3 unspecified atom stereocenters. The third-order valence-electron chi connectivity index (χ3n) is 8.08. The average molecular weight is 772 g/mol. The molecule has 1 heterocycles. The number of benzene rings is 2. The second-order valence-corrected chi connectivity index (χ2v) is 14.1. The third kappa shape index (κ3) is 12.8. The van der Waals surface area contributed by atoms with Crippen LogP contribution in [0.1, 0.15) is 77.8 Å². The summed E-state index contributed by atoms with van der Waals surface area (Å²) in [6, 6.07) is 14.6. The fourth-order valence-corrected chi connectivity index (χ4v) is 5.54. The van der Waals surface area contributed by atoms with Gasteiger partial charge in [-0.15, -0.1) is 0 Å². The Morgan fingerprint density at radius 2 is 1.44 bits per heavy atom. The van der Waals surface area contributed by atoms with Gasteiger partial charge in [-0.3, -0.25) is 19.3 Å². The molecule has 0 fully saturated rings. The number of para-hydroxylation sites is 1. The summed E-state index contributed by atoms with van der Waals surface area (Å²) in [5.41, 5.74) is 3.87. The van der Waals surface area contributed by atoms with Gasteiger partial charge in [0.2, 0.25) is 18.0 Å². The maximum Gasteiger partial charge on any atom is 0.408 e. The predicted molar refractivity (Wildman–Crippen MR) is 184 cm³/mol. The van der Waals surface area contributed by atoms with Crippen molar-refractivity contribution >= 4 is 41.2 Å². The summed E-state index contributed by atoms with van der Waals surface area (Å²) in [6.07, 6.45) is -17.7. The molecule has 2 aromatic rings. The maximum absolute atomic E-state index is 14.3. The number of alkyl halides is 6. The van der Waals surface area contributed by atoms with E-state index < -0.39 is 110 Å². The minimum absolute atomic E-state index is 0.141. The van der Waals surface area contributed by atoms with Crippen molar-refractivity contribution < 1.29 is 59.8 Å². The van der Waals surface area contributed by atoms with Crippen molar-refractivity contribution in [2.45, 2.75) is 96.4 Å². The lowest BCUT2D eigenvalue weighted by molar-refractivity contribution is -0.150. The molecule has 3 atom stereocenters. The number of nitrogens with one attached hydrogen (secondary N) is 2. The lowest BCUT2D eigenvalue weighted by Crippen LogP contribution is -2.54. The molecule has 0 aliphatic carbocycles. The number of halogens is 6. The molecule has 2 aromatic carbocycles. The molecule has 1 aliphatic rings. The summed E-state index contributed by atoms with van der Waals surface area (Å²) in [5, 5.41) is 4.70. The Balaban J connectivity index is 2.04. The summed E-state index contributed by atoms with van der Waals surface area (Å²) < 4.78 is 89.5. The number of aliphatic imine (C=N–C) groups is 1. The molecule has 4 N–H and O–H groups in total. The Morgan fingerprint density at radius 3 is 2.02 bits per heavy atom. The first kappa shape index (κ1) is 43.2. The number of fused-ring (bicyclic) bond motifs is 1. The molecule has 4 amide bonds. The monoisotopic (exact) mass is 771 g/mol. The van der Waals surface area contributed by atoms with Crippen molar-refractivity contribution in [1.29, 1.82) is 0 Å². The second-order valence-electron chi connectivity index (χ2n) is 14.1. The fourth-order valence-electron chi connectivity index (χ4n) is 5.54. The third-order valence-corrected chi connectivity index (χ3v) is 8.08. The van der Waals surface area contributed by atoms with Crippen LogP contribution in [0.15, 0.2) is 59.6 Å². The fraction of sp³-hybridized carbons (Fsp3) is 0.500. The van der Waals surface area contributed by atoms with Crippen LogP contribution in [-0.2, 0) is 28.7 Å². The molecular formula is C36H43F6N5O7. The lowest BCUT2D eigenvalue weighted by atomic mass is 9.83. The van der Waals surface area contributed by atoms with Gasteiger partial charge in [0.25, 0.3) is 5.91 Å². The molecule has 18 heteroatoms. The first-order valence-electron chi connectivity index (χ1n) is 16.8. The van der Waals surface area contributed by atoms with E-state index in [0.29, 0.717) is 11.1 Å². The summed E-state index contributed by atoms with van der Waals surface area (Å²) in [7, 11) is 0. The molecule has 0 spiro atoms. The number of rotatable bonds is 14. The van der Waals surface area contributed by atoms with Gasteiger partial charge >= 0.3 is 24.4 Å². The normalized spacial score (nSPS) is 16.3. The van der Waals surface area contributed by atoms with Crippen LogP contribution in [0, 0.1) is 11.8 Å². The minimum atomic E-state index is -4.78. The summed E-state index contributed by atoms with van der Waals surface area (Å²) in [6.45, 7) is 6.68. The van der Waals surface area contributed by atoms with Gasteiger partial charge in [0, 0.05) is 35.8 Å². The molecule has 0 aromatic heterocycles. The predicted octanol–water partition coefficient (Wildman–Crippen LogP) is 5.91. The van der Waals surface area contributed by atoms with Crippen LogP contribution in [0.25, 0.3) is 0 Å². The van der Waals surface area contributed by atoms with Crippen LogP contribution in [0.3, 0.4) is 0 Å². The number of anilines is 1. The maximum atomic E-state index is 14.3. The Morgan fingerprint density at radius 1 is 0.852 bits per heavy atom. The average Bonchev–Trinajstić information content (AvgIpc) is 3.14. The zero-order valence-electron chi connectivity index (χ0n) is 30.3. The minimum Gasteiger partial charge on any atom is -0.444 e. The van der Waals surface area contributed by atoms with Crippen molar-refractivity contribution in [2.24, 2.45) is 22.6 Å². The number of hydrogen-bond acceptors (Lipinski definition) is 8. The van der Waals surface area contributed by atoms with E-state index in [1.807, 2.05) is 0 Å². The van der Waals surface area contributed by atoms with Crippen molar-refractivity contribution in [3.63, 3.8) is 0 Å². The van der Waals surface area contributed by atoms with Gasteiger partial charge in [-0.2, -0.15) is 26.3 Å². The molecule has 0 saturated heterocycles. The van der Waals surface area contributed by atoms with Crippen LogP contribution in [-0.4, -0.2) is 71.9 Å². The van der Waals surface area contributed by atoms with Crippen LogP contribution in [0.2, 0.25) is 0 Å². The molecule has 0 saturated carbocycles. The van der Waals surface area contributed by atoms with Crippen molar-refractivity contribution in [3.8, 4) is 0 Å². The Bertz CT molecular complexity index is 1710. The van der Waals surface area contributed by atoms with Crippen LogP contribution in [0.5, 0.6) is 0 Å². The number of carbonyl (C=O) groups is 5. The number of esters is 1. The highest BCUT2D eigenvalue weighted by Crippen LogP contribution is 2.33. The molecule has 0 bridgehead atoms. The van der Waals surface area contributed by atoms with Gasteiger partial charge in [0.05, 0.1) is 11.4 Å². The highest BCUT2D eigenvalue weighted by atomic mass is 19.4. The van der Waals surface area contributed by atoms with E-state index in [0.717, 1.165) is 4.90 Å². The van der Waals surface area contributed by atoms with Gasteiger partial charge < -0.3 is 25.8 Å². The first-order chi connectivity index (χ1) is 24.9. The topological polar surface area (TPSA) is 169 Å². The van der Waals surface area contributed by atoms with Crippen LogP contribution >= 0.6 is 0 Å². The highest BCUT2D eigenvalue weighted by Gasteiger charge is 2.41. The molecule has 54 heavy (non-hydrogen) atoms. The molecule has 3 rings (SSSR count). The number of alkyl carbamates (subject to hydrolysis) is 1. The van der Waals surface area contributed by atoms with Crippen LogP contribution in [0.4, 0.5) is 36.8 Å². The van der Waals surface area contributed by atoms with Crippen LogP contribution < -0.4 is 21.3 Å². The van der Waals surface area contributed by atoms with E-state index in [1.54, 1.807) is 69.3 Å². The van der Waals surface area contributed by atoms with Gasteiger partial charge in [0.1, 0.15) is 11.1 Å². The van der Waals surface area contributed by atoms with Gasteiger partial charge in [-0.25, -0.2) is 14.6 Å². The van der Waals surface area contributed by atoms with E-state index in [1.165, 1.54) is 19.9 Å². The number of primary amides is 1. The number of benzodiazepines with no additional fused rings is 1. The zero-order valence-corrected chi connectivity index (χ0v) is 30.3. The Hall–Kier alpha value is -5.16. The largest absolute Gasteiger partial charge is 0.444 e. The number of hydrogen-bond donors (Lipinski definition) is 3. The Labute approximate surface area is 307 Å². The quantitative estimate of drug-likeness (QED) is 0.159. The van der Waals surface area contributed by atoms with Crippen molar-refractivity contribution in [2.75, 3.05) is 11.6 Å². The molecular weight excluding hydrogens is 728 g/mol. The van der Waals surface area contributed by atoms with Crippen molar-refractivity contribution in [1.82, 2.24) is 10.6 Å². The lowest BCUT2D eigenvalue weighted by Gasteiger charge is -2.30. The van der Waals surface area contributed by atoms with Gasteiger partial charge in [-0.1, -0.05) is 48.5 Å². The number of carbonyl (C=O) groups excluding carboxylic acids is 5. The standard InChI is InChI=1S/C36H43F6N5O7/c1-33(2,3)54-32(52)46-34(4,5)31(51)53-20-47-25-16-10-9-14-24(25)26(21-12-7-6-8-13-21)44-28(30(47)50)45-29(49)23(15-11-18-35(37,38)39)22(27(43)48)17-19-36(40,41)42/h6-10,12-14,16,22-23,28H,11,15,17-20H2,1-5H3,(H2,43,48)(H,45,49)(H,46,52). The number of nitrogens with two attached hydrogens (primary N) is 1. The molecule has 12 nitrogen and oxygen atoms in total. The highest BCUT2D eigenvalue weighted by molar-refractivity contribution is 6.20. The zero-order chi connectivity index (χ0) is 40.6. The smallest absolute Gasteiger partial charge is 0.408 e. The summed E-state index contributed by atoms with van der Waals surface area (Å²) in [4.78, 5) is 71.7. The van der Waals surface area contributed by atoms with E-state index in [9.17, 15) is 50.3 Å². The van der Waals surface area contributed by atoms with E-state index in [4.69, 9.17) is 15.2 Å². The Kier molecular flexibility index (Phi) is 13.9. The van der Waals surface area contributed by atoms with E-state index in [2.05, 4.69) is 15.6 Å². The molecule has 0 radical (unpaired) electrons.